The molecule has 6 rings (SSSR count). The lowest BCUT2D eigenvalue weighted by Gasteiger charge is -2.55. The molecule has 0 amide bonds. The second-order valence-electron chi connectivity index (χ2n) is 14.9. The van der Waals surface area contributed by atoms with E-state index in [1.165, 1.54) is 11.7 Å². The van der Waals surface area contributed by atoms with Crippen molar-refractivity contribution < 1.29 is 41.4 Å². The number of halogens is 4. The average molecular weight is 674 g/mol. The van der Waals surface area contributed by atoms with Gasteiger partial charge in [0.1, 0.15) is 11.4 Å². The third-order valence-corrected chi connectivity index (χ3v) is 9.95. The van der Waals surface area contributed by atoms with E-state index in [1.54, 1.807) is 52.3 Å². The van der Waals surface area contributed by atoms with Crippen LogP contribution in [-0.2, 0) is 16.0 Å². The van der Waals surface area contributed by atoms with Gasteiger partial charge in [-0.3, -0.25) is 9.47 Å². The van der Waals surface area contributed by atoms with E-state index >= 15 is 0 Å². The van der Waals surface area contributed by atoms with Crippen molar-refractivity contribution in [3.63, 3.8) is 0 Å². The Balaban J connectivity index is 1.41. The average Bonchev–Trinajstić information content (AvgIpc) is 3.42. The van der Waals surface area contributed by atoms with Crippen LogP contribution in [0.1, 0.15) is 92.4 Å². The first-order valence-corrected chi connectivity index (χ1v) is 16.3. The summed E-state index contributed by atoms with van der Waals surface area (Å²) in [6.07, 6.45) is 1.05. The van der Waals surface area contributed by atoms with Crippen LogP contribution < -0.4 is 10.1 Å². The standard InChI is InChI=1S/C36H43F4N3O5/c1-21-13-29(46-5)26(24-9-11-43(30(21)24)32(45)48-33(2,3)4)18-42-12-10-34(19-36(39,40)20-34)17-28(42)25-8-7-22(31(44)47-6)14-27(25)41-23-15-35(37,38)16-23/h7-9,11,13-14,23,28,41H,10,12,15-20H2,1-6H3. The molecule has 48 heavy (non-hydrogen) atoms. The van der Waals surface area contributed by atoms with E-state index < -0.39 is 47.0 Å². The van der Waals surface area contributed by atoms with E-state index in [0.29, 0.717) is 42.9 Å². The Kier molecular flexibility index (Phi) is 8.49. The van der Waals surface area contributed by atoms with Gasteiger partial charge >= 0.3 is 12.1 Å². The number of benzene rings is 2. The largest absolute Gasteiger partial charge is 0.496 e. The molecule has 1 N–H and O–H groups in total. The molecule has 1 aliphatic heterocycles. The molecule has 0 radical (unpaired) electrons. The number of esters is 1. The van der Waals surface area contributed by atoms with Gasteiger partial charge in [0.05, 0.1) is 25.3 Å². The molecule has 1 saturated heterocycles. The van der Waals surface area contributed by atoms with Crippen molar-refractivity contribution >= 4 is 28.7 Å². The summed E-state index contributed by atoms with van der Waals surface area (Å²) in [5.74, 6) is -5.44. The number of anilines is 1. The van der Waals surface area contributed by atoms with Gasteiger partial charge in [0, 0.05) is 67.1 Å². The van der Waals surface area contributed by atoms with Crippen molar-refractivity contribution in [3.8, 4) is 5.75 Å². The maximum Gasteiger partial charge on any atom is 0.419 e. The Morgan fingerprint density at radius 1 is 1.00 bits per heavy atom. The number of aromatic nitrogens is 1. The van der Waals surface area contributed by atoms with E-state index in [-0.39, 0.29) is 31.2 Å². The topological polar surface area (TPSA) is 82.0 Å². The lowest BCUT2D eigenvalue weighted by Crippen LogP contribution is -2.53. The number of methoxy groups -OCH3 is 2. The van der Waals surface area contributed by atoms with E-state index in [2.05, 4.69) is 10.2 Å². The van der Waals surface area contributed by atoms with Crippen LogP contribution in [0.5, 0.6) is 5.75 Å². The lowest BCUT2D eigenvalue weighted by atomic mass is 9.58. The minimum Gasteiger partial charge on any atom is -0.496 e. The van der Waals surface area contributed by atoms with Crippen LogP contribution in [0, 0.1) is 12.3 Å². The van der Waals surface area contributed by atoms with Gasteiger partial charge in [-0.15, -0.1) is 0 Å². The number of alkyl halides is 4. The van der Waals surface area contributed by atoms with Gasteiger partial charge in [-0.1, -0.05) is 6.07 Å². The second-order valence-corrected chi connectivity index (χ2v) is 14.9. The molecular weight excluding hydrogens is 630 g/mol. The Morgan fingerprint density at radius 3 is 2.31 bits per heavy atom. The number of hydrogen-bond donors (Lipinski definition) is 1. The van der Waals surface area contributed by atoms with Crippen molar-refractivity contribution in [2.45, 2.75) is 102 Å². The van der Waals surface area contributed by atoms with Crippen molar-refractivity contribution in [2.75, 3.05) is 26.1 Å². The quantitative estimate of drug-likeness (QED) is 0.199. The second kappa shape index (κ2) is 12.0. The predicted octanol–water partition coefficient (Wildman–Crippen LogP) is 8.49. The number of aryl methyl sites for hydroxylation is 1. The number of carbonyl (C=O) groups is 2. The highest BCUT2D eigenvalue weighted by atomic mass is 19.3. The molecule has 12 heteroatoms. The minimum absolute atomic E-state index is 0.209. The van der Waals surface area contributed by atoms with E-state index in [0.717, 1.165) is 22.1 Å². The van der Waals surface area contributed by atoms with Crippen LogP contribution in [0.4, 0.5) is 28.0 Å². The first-order chi connectivity index (χ1) is 22.4. The minimum atomic E-state index is -2.76. The molecule has 3 aliphatic rings. The van der Waals surface area contributed by atoms with Crippen LogP contribution >= 0.6 is 0 Å². The Labute approximate surface area is 277 Å². The molecule has 1 spiro atoms. The number of piperidine rings is 1. The van der Waals surface area contributed by atoms with E-state index in [9.17, 15) is 27.2 Å². The fraction of sp³-hybridized carbons (Fsp3) is 0.556. The molecule has 260 valence electrons. The molecule has 1 atom stereocenters. The molecule has 2 aliphatic carbocycles. The zero-order valence-corrected chi connectivity index (χ0v) is 28.2. The Morgan fingerprint density at radius 2 is 1.71 bits per heavy atom. The summed E-state index contributed by atoms with van der Waals surface area (Å²) < 4.78 is 74.4. The number of nitrogens with one attached hydrogen (secondary N) is 1. The summed E-state index contributed by atoms with van der Waals surface area (Å²) in [6.45, 7) is 8.15. The Hall–Kier alpha value is -3.80. The molecular formula is C36H43F4N3O5. The third kappa shape index (κ3) is 6.60. The monoisotopic (exact) mass is 673 g/mol. The summed E-state index contributed by atoms with van der Waals surface area (Å²) in [5, 5.41) is 4.03. The van der Waals surface area contributed by atoms with Gasteiger partial charge in [-0.25, -0.2) is 27.2 Å². The highest BCUT2D eigenvalue weighted by Crippen LogP contribution is 2.61. The van der Waals surface area contributed by atoms with Crippen LogP contribution in [-0.4, -0.2) is 65.8 Å². The number of carbonyl (C=O) groups excluding carboxylic acids is 2. The summed E-state index contributed by atoms with van der Waals surface area (Å²) >= 11 is 0. The molecule has 3 fully saturated rings. The molecule has 8 nitrogen and oxygen atoms in total. The number of hydrogen-bond acceptors (Lipinski definition) is 7. The summed E-state index contributed by atoms with van der Waals surface area (Å²) in [7, 11) is 2.85. The maximum absolute atomic E-state index is 14.4. The normalized spacial score (nSPS) is 21.8. The van der Waals surface area contributed by atoms with Crippen molar-refractivity contribution in [3.05, 3.63) is 58.8 Å². The summed E-state index contributed by atoms with van der Waals surface area (Å²) in [4.78, 5) is 27.9. The highest BCUT2D eigenvalue weighted by Gasteiger charge is 2.58. The molecule has 3 aromatic rings. The van der Waals surface area contributed by atoms with Gasteiger partial charge in [0.2, 0.25) is 5.92 Å². The number of nitrogens with zero attached hydrogens (tertiary/aromatic N) is 2. The van der Waals surface area contributed by atoms with Crippen molar-refractivity contribution in [1.29, 1.82) is 0 Å². The summed E-state index contributed by atoms with van der Waals surface area (Å²) in [5.41, 5.74) is 2.55. The molecule has 2 aromatic carbocycles. The number of likely N-dealkylation sites (tertiary alicyclic amines) is 1. The number of ether oxygens (including phenoxy) is 3. The predicted molar refractivity (Wildman–Crippen MR) is 173 cm³/mol. The van der Waals surface area contributed by atoms with Crippen LogP contribution in [0.15, 0.2) is 36.5 Å². The van der Waals surface area contributed by atoms with Gasteiger partial charge in [0.15, 0.2) is 0 Å². The molecule has 2 saturated carbocycles. The van der Waals surface area contributed by atoms with Gasteiger partial charge in [-0.2, -0.15) is 0 Å². The smallest absolute Gasteiger partial charge is 0.419 e. The first-order valence-electron chi connectivity index (χ1n) is 16.3. The van der Waals surface area contributed by atoms with Crippen LogP contribution in [0.2, 0.25) is 0 Å². The van der Waals surface area contributed by atoms with Gasteiger partial charge < -0.3 is 19.5 Å². The third-order valence-electron chi connectivity index (χ3n) is 9.95. The fourth-order valence-electron chi connectivity index (χ4n) is 7.81. The van der Waals surface area contributed by atoms with Crippen molar-refractivity contribution in [1.82, 2.24) is 9.47 Å². The van der Waals surface area contributed by atoms with Gasteiger partial charge in [-0.05, 0) is 87.9 Å². The summed E-state index contributed by atoms with van der Waals surface area (Å²) in [6, 6.07) is 7.85. The van der Waals surface area contributed by atoms with Crippen molar-refractivity contribution in [2.24, 2.45) is 5.41 Å². The SMILES string of the molecule is COC(=O)c1ccc(C2CC3(CCN2Cc2c(OC)cc(C)c4c2ccn4C(=O)OC(C)(C)C)CC(F)(F)C3)c(NC2CC(F)(F)C2)c1. The highest BCUT2D eigenvalue weighted by molar-refractivity contribution is 5.95. The molecule has 1 unspecified atom stereocenters. The number of fused-ring (bicyclic) bond motifs is 1. The fourth-order valence-corrected chi connectivity index (χ4v) is 7.81. The zero-order valence-electron chi connectivity index (χ0n) is 28.2. The van der Waals surface area contributed by atoms with E-state index in [1.807, 2.05) is 19.1 Å². The zero-order chi connectivity index (χ0) is 34.8. The molecule has 0 bridgehead atoms. The van der Waals surface area contributed by atoms with Crippen LogP contribution in [0.3, 0.4) is 0 Å². The molecule has 2 heterocycles. The maximum atomic E-state index is 14.4. The number of rotatable bonds is 7. The lowest BCUT2D eigenvalue weighted by molar-refractivity contribution is -0.186. The first kappa shape index (κ1) is 34.1. The van der Waals surface area contributed by atoms with Crippen LogP contribution in [0.25, 0.3) is 10.9 Å². The Bertz CT molecular complexity index is 1730. The van der Waals surface area contributed by atoms with E-state index in [4.69, 9.17) is 14.2 Å². The molecule has 1 aromatic heterocycles. The van der Waals surface area contributed by atoms with Gasteiger partial charge in [0.25, 0.3) is 5.92 Å².